The Morgan fingerprint density at radius 2 is 1.74 bits per heavy atom. The minimum atomic E-state index is -1.75. The highest BCUT2D eigenvalue weighted by molar-refractivity contribution is 6.33. The van der Waals surface area contributed by atoms with E-state index in [1.165, 1.54) is 49.7 Å². The van der Waals surface area contributed by atoms with Crippen molar-refractivity contribution in [1.29, 1.82) is 0 Å². The van der Waals surface area contributed by atoms with Crippen molar-refractivity contribution in [3.05, 3.63) is 29.3 Å². The van der Waals surface area contributed by atoms with Crippen LogP contribution in [0.2, 0.25) is 0 Å². The zero-order valence-corrected chi connectivity index (χ0v) is 12.1. The number of hydrogen-bond donors (Lipinski definition) is 2. The highest BCUT2D eigenvalue weighted by atomic mass is 16.6. The van der Waals surface area contributed by atoms with Crippen LogP contribution in [-0.4, -0.2) is 17.4 Å². The fourth-order valence-electron chi connectivity index (χ4n) is 2.21. The van der Waals surface area contributed by atoms with Gasteiger partial charge in [0.1, 0.15) is 5.75 Å². The summed E-state index contributed by atoms with van der Waals surface area (Å²) in [5.74, 6) is 0.515. The average Bonchev–Trinajstić information content (AvgIpc) is 2.36. The van der Waals surface area contributed by atoms with Gasteiger partial charge < -0.3 is 14.7 Å². The van der Waals surface area contributed by atoms with E-state index < -0.39 is 7.32 Å². The first kappa shape index (κ1) is 16.1. The van der Waals surface area contributed by atoms with Crippen LogP contribution in [0.4, 0.5) is 0 Å². The van der Waals surface area contributed by atoms with E-state index in [9.17, 15) is 0 Å². The summed E-state index contributed by atoms with van der Waals surface area (Å²) in [6.07, 6.45) is 8.70. The zero-order valence-electron chi connectivity index (χ0n) is 12.1. The van der Waals surface area contributed by atoms with Crippen LogP contribution >= 0.6 is 0 Å². The highest BCUT2D eigenvalue weighted by Gasteiger charge is 2.11. The zero-order chi connectivity index (χ0) is 14.1. The van der Waals surface area contributed by atoms with E-state index in [1.54, 1.807) is 6.07 Å². The van der Waals surface area contributed by atoms with E-state index in [1.807, 2.05) is 12.1 Å². The monoisotopic (exact) mass is 264 g/mol. The maximum atomic E-state index is 8.80. The molecule has 1 rings (SSSR count). The third kappa shape index (κ3) is 6.64. The van der Waals surface area contributed by atoms with Crippen LogP contribution in [0, 0.1) is 6.92 Å². The molecule has 0 atom stereocenters. The van der Waals surface area contributed by atoms with Crippen LogP contribution in [-0.2, 0) is 6.42 Å². The Hall–Kier alpha value is -0.995. The summed E-state index contributed by atoms with van der Waals surface area (Å²) >= 11 is 0. The van der Waals surface area contributed by atoms with Gasteiger partial charge in [-0.05, 0) is 43.0 Å². The third-order valence-electron chi connectivity index (χ3n) is 3.36. The molecule has 0 spiro atoms. The second kappa shape index (κ2) is 9.00. The molecule has 4 heteroatoms. The fourth-order valence-corrected chi connectivity index (χ4v) is 2.21. The van der Waals surface area contributed by atoms with Gasteiger partial charge in [0.25, 0.3) is 0 Å². The molecule has 2 N–H and O–H groups in total. The molecule has 0 fully saturated rings. The van der Waals surface area contributed by atoms with Crippen molar-refractivity contribution >= 4 is 7.32 Å². The summed E-state index contributed by atoms with van der Waals surface area (Å²) in [6.45, 7) is 4.30. The first-order valence-corrected chi connectivity index (χ1v) is 7.25. The summed E-state index contributed by atoms with van der Waals surface area (Å²) in [6, 6.07) is 5.63. The van der Waals surface area contributed by atoms with E-state index in [0.717, 1.165) is 6.42 Å². The van der Waals surface area contributed by atoms with E-state index in [0.29, 0.717) is 5.75 Å². The largest absolute Gasteiger partial charge is 0.707 e. The van der Waals surface area contributed by atoms with Gasteiger partial charge in [-0.15, -0.1) is 0 Å². The molecular formula is C15H25BO3. The van der Waals surface area contributed by atoms with Crippen molar-refractivity contribution in [3.8, 4) is 5.75 Å². The summed E-state index contributed by atoms with van der Waals surface area (Å²) in [5.41, 5.74) is 2.46. The molecule has 0 aliphatic carbocycles. The number of rotatable bonds is 9. The molecule has 0 amide bonds. The molecule has 0 saturated carbocycles. The molecule has 1 aromatic rings. The maximum Gasteiger partial charge on any atom is 0.707 e. The Labute approximate surface area is 116 Å². The van der Waals surface area contributed by atoms with Gasteiger partial charge in [0.2, 0.25) is 0 Å². The molecular weight excluding hydrogens is 239 g/mol. The van der Waals surface area contributed by atoms with Gasteiger partial charge in [0.05, 0.1) is 0 Å². The second-order valence-corrected chi connectivity index (χ2v) is 5.05. The molecule has 0 heterocycles. The van der Waals surface area contributed by atoms with Gasteiger partial charge in [-0.1, -0.05) is 45.1 Å². The predicted molar refractivity (Wildman–Crippen MR) is 79.1 cm³/mol. The fraction of sp³-hybridized carbons (Fsp3) is 0.600. The summed E-state index contributed by atoms with van der Waals surface area (Å²) in [4.78, 5) is 0. The Balaban J connectivity index is 2.39. The Bertz CT molecular complexity index is 366. The molecule has 0 saturated heterocycles. The molecule has 106 valence electrons. The van der Waals surface area contributed by atoms with Crippen molar-refractivity contribution in [2.24, 2.45) is 0 Å². The minimum Gasteiger partial charge on any atom is -0.512 e. The Morgan fingerprint density at radius 3 is 2.42 bits per heavy atom. The van der Waals surface area contributed by atoms with Crippen LogP contribution in [0.15, 0.2) is 18.2 Å². The third-order valence-corrected chi connectivity index (χ3v) is 3.36. The molecule has 0 aromatic heterocycles. The second-order valence-electron chi connectivity index (χ2n) is 5.05. The highest BCUT2D eigenvalue weighted by Crippen LogP contribution is 2.20. The summed E-state index contributed by atoms with van der Waals surface area (Å²) in [5, 5.41) is 17.6. The van der Waals surface area contributed by atoms with Crippen molar-refractivity contribution < 1.29 is 14.7 Å². The van der Waals surface area contributed by atoms with Gasteiger partial charge in [-0.25, -0.2) is 0 Å². The quantitative estimate of drug-likeness (QED) is 0.531. The lowest BCUT2D eigenvalue weighted by Gasteiger charge is -2.10. The summed E-state index contributed by atoms with van der Waals surface area (Å²) < 4.78 is 4.88. The van der Waals surface area contributed by atoms with Crippen LogP contribution in [0.1, 0.15) is 56.6 Å². The van der Waals surface area contributed by atoms with Crippen molar-refractivity contribution in [3.63, 3.8) is 0 Å². The van der Waals surface area contributed by atoms with Crippen molar-refractivity contribution in [2.75, 3.05) is 0 Å². The average molecular weight is 264 g/mol. The molecule has 0 unspecified atom stereocenters. The van der Waals surface area contributed by atoms with Gasteiger partial charge in [-0.3, -0.25) is 0 Å². The maximum absolute atomic E-state index is 8.80. The number of unbranched alkanes of at least 4 members (excludes halogenated alkanes) is 5. The molecule has 19 heavy (non-hydrogen) atoms. The van der Waals surface area contributed by atoms with Gasteiger partial charge >= 0.3 is 7.32 Å². The molecule has 0 bridgehead atoms. The topological polar surface area (TPSA) is 49.7 Å². The minimum absolute atomic E-state index is 0.515. The van der Waals surface area contributed by atoms with E-state index >= 15 is 0 Å². The molecule has 1 aromatic carbocycles. The van der Waals surface area contributed by atoms with E-state index in [-0.39, 0.29) is 0 Å². The molecule has 0 radical (unpaired) electrons. The smallest absolute Gasteiger partial charge is 0.512 e. The first-order valence-electron chi connectivity index (χ1n) is 7.25. The van der Waals surface area contributed by atoms with Gasteiger partial charge in [0, 0.05) is 0 Å². The molecule has 0 aliphatic rings. The standard InChI is InChI=1S/C15H25BO3/c1-3-4-5-6-7-8-9-14-12-15(19-16(17)18)11-10-13(14)2/h10-12,17-18H,3-9H2,1-2H3. The lowest BCUT2D eigenvalue weighted by molar-refractivity contribution is 0.288. The van der Waals surface area contributed by atoms with Crippen LogP contribution in [0.25, 0.3) is 0 Å². The van der Waals surface area contributed by atoms with Crippen molar-refractivity contribution in [1.82, 2.24) is 0 Å². The van der Waals surface area contributed by atoms with E-state index in [4.69, 9.17) is 14.7 Å². The molecule has 0 aliphatic heterocycles. The SMILES string of the molecule is CCCCCCCCc1cc(OB(O)O)ccc1C. The molecule has 3 nitrogen and oxygen atoms in total. The normalized spacial score (nSPS) is 10.5. The van der Waals surface area contributed by atoms with Gasteiger partial charge in [-0.2, -0.15) is 0 Å². The van der Waals surface area contributed by atoms with Crippen LogP contribution < -0.4 is 4.65 Å². The lowest BCUT2D eigenvalue weighted by Crippen LogP contribution is -2.20. The van der Waals surface area contributed by atoms with Gasteiger partial charge in [0.15, 0.2) is 0 Å². The lowest BCUT2D eigenvalue weighted by atomic mass is 10.0. The Morgan fingerprint density at radius 1 is 1.05 bits per heavy atom. The van der Waals surface area contributed by atoms with Crippen LogP contribution in [0.5, 0.6) is 5.75 Å². The predicted octanol–water partition coefficient (Wildman–Crippen LogP) is 3.25. The van der Waals surface area contributed by atoms with E-state index in [2.05, 4.69) is 13.8 Å². The number of benzene rings is 1. The first-order chi connectivity index (χ1) is 9.13. The Kier molecular flexibility index (Phi) is 7.60. The number of hydrogen-bond acceptors (Lipinski definition) is 3. The van der Waals surface area contributed by atoms with Crippen molar-refractivity contribution in [2.45, 2.75) is 58.8 Å². The number of aryl methyl sites for hydroxylation is 2. The summed E-state index contributed by atoms with van der Waals surface area (Å²) in [7, 11) is -1.75. The van der Waals surface area contributed by atoms with Crippen LogP contribution in [0.3, 0.4) is 0 Å².